The van der Waals surface area contributed by atoms with Gasteiger partial charge in [-0.2, -0.15) is 0 Å². The van der Waals surface area contributed by atoms with Crippen LogP contribution >= 0.6 is 11.3 Å². The lowest BCUT2D eigenvalue weighted by molar-refractivity contribution is 0.101. The molecule has 0 saturated heterocycles. The molecule has 0 aliphatic heterocycles. The summed E-state index contributed by atoms with van der Waals surface area (Å²) in [6.45, 7) is 1.82. The Labute approximate surface area is 171 Å². The van der Waals surface area contributed by atoms with E-state index >= 15 is 0 Å². The number of aromatic nitrogens is 3. The number of hydrogen-bond acceptors (Lipinski definition) is 5. The quantitative estimate of drug-likeness (QED) is 0.504. The maximum absolute atomic E-state index is 12.7. The minimum Gasteiger partial charge on any atom is -0.331 e. The number of carbonyl (C=O) groups excluding carboxylic acids is 2. The molecule has 7 heteroatoms. The maximum Gasteiger partial charge on any atom is 0.257 e. The number of amides is 1. The Balaban J connectivity index is 1.49. The van der Waals surface area contributed by atoms with Gasteiger partial charge in [-0.3, -0.25) is 14.6 Å². The van der Waals surface area contributed by atoms with E-state index in [9.17, 15) is 9.59 Å². The van der Waals surface area contributed by atoms with E-state index in [1.54, 1.807) is 65.7 Å². The molecule has 3 aromatic heterocycles. The predicted molar refractivity (Wildman–Crippen MR) is 113 cm³/mol. The minimum atomic E-state index is -0.240. The van der Waals surface area contributed by atoms with E-state index in [1.807, 2.05) is 30.5 Å². The fraction of sp³-hybridized carbons (Fsp3) is 0.0909. The van der Waals surface area contributed by atoms with Crippen LogP contribution in [0.15, 0.2) is 66.3 Å². The average Bonchev–Trinajstić information content (AvgIpc) is 3.39. The van der Waals surface area contributed by atoms with E-state index in [2.05, 4.69) is 15.3 Å². The van der Waals surface area contributed by atoms with Crippen molar-refractivity contribution < 1.29 is 9.59 Å². The monoisotopic (exact) mass is 402 g/mol. The molecule has 144 valence electrons. The van der Waals surface area contributed by atoms with Crippen molar-refractivity contribution in [3.8, 4) is 10.6 Å². The molecule has 1 amide bonds. The van der Waals surface area contributed by atoms with Gasteiger partial charge in [0, 0.05) is 30.7 Å². The average molecular weight is 402 g/mol. The summed E-state index contributed by atoms with van der Waals surface area (Å²) in [6.07, 6.45) is 3.31. The second-order valence-corrected chi connectivity index (χ2v) is 7.48. The molecule has 0 radical (unpaired) electrons. The van der Waals surface area contributed by atoms with Crippen molar-refractivity contribution in [2.75, 3.05) is 5.32 Å². The third-order valence-corrected chi connectivity index (χ3v) is 5.43. The second kappa shape index (κ2) is 7.81. The van der Waals surface area contributed by atoms with Crippen molar-refractivity contribution in [3.63, 3.8) is 0 Å². The molecule has 0 atom stereocenters. The summed E-state index contributed by atoms with van der Waals surface area (Å²) in [6, 6.07) is 14.4. The zero-order chi connectivity index (χ0) is 20.4. The molecule has 3 heterocycles. The molecule has 1 N–H and O–H groups in total. The first kappa shape index (κ1) is 18.8. The van der Waals surface area contributed by atoms with E-state index in [-0.39, 0.29) is 11.7 Å². The molecule has 0 saturated carbocycles. The fourth-order valence-corrected chi connectivity index (χ4v) is 3.67. The number of nitrogens with one attached hydrogen (secondary N) is 1. The van der Waals surface area contributed by atoms with Crippen LogP contribution in [0.3, 0.4) is 0 Å². The van der Waals surface area contributed by atoms with E-state index in [1.165, 1.54) is 0 Å². The molecular formula is C22H18N4O2S. The van der Waals surface area contributed by atoms with E-state index in [4.69, 9.17) is 0 Å². The van der Waals surface area contributed by atoms with Gasteiger partial charge in [-0.25, -0.2) is 4.98 Å². The van der Waals surface area contributed by atoms with Crippen molar-refractivity contribution >= 4 is 28.7 Å². The topological polar surface area (TPSA) is 76.9 Å². The standard InChI is InChI=1S/C22H18N4O2S/c1-14-17(9-10-18(24-14)19-4-3-13-29-19)22(28)25-16-7-5-15(6-8-16)20(27)21-23-11-12-26(21)2/h3-13H,1-2H3,(H,25,28). The molecule has 0 aliphatic carbocycles. The first-order valence-electron chi connectivity index (χ1n) is 8.98. The summed E-state index contributed by atoms with van der Waals surface area (Å²) in [5.74, 6) is -0.0372. The van der Waals surface area contributed by atoms with Crippen molar-refractivity contribution in [1.82, 2.24) is 14.5 Å². The molecule has 0 unspecified atom stereocenters. The lowest BCUT2D eigenvalue weighted by atomic mass is 10.1. The third-order valence-electron chi connectivity index (χ3n) is 4.53. The Morgan fingerprint density at radius 2 is 1.86 bits per heavy atom. The van der Waals surface area contributed by atoms with E-state index < -0.39 is 0 Å². The van der Waals surface area contributed by atoms with Gasteiger partial charge in [-0.1, -0.05) is 6.07 Å². The molecule has 0 aliphatic rings. The Morgan fingerprint density at radius 3 is 2.48 bits per heavy atom. The predicted octanol–water partition coefficient (Wildman–Crippen LogP) is 4.34. The summed E-state index contributed by atoms with van der Waals surface area (Å²) in [5.41, 5.74) is 3.14. The lowest BCUT2D eigenvalue weighted by Gasteiger charge is -2.09. The summed E-state index contributed by atoms with van der Waals surface area (Å²) in [7, 11) is 1.77. The Morgan fingerprint density at radius 1 is 1.07 bits per heavy atom. The molecule has 0 spiro atoms. The van der Waals surface area contributed by atoms with Crippen LogP contribution in [0.5, 0.6) is 0 Å². The van der Waals surface area contributed by atoms with Gasteiger partial charge in [0.1, 0.15) is 0 Å². The largest absolute Gasteiger partial charge is 0.331 e. The van der Waals surface area contributed by atoms with E-state index in [0.29, 0.717) is 28.3 Å². The number of anilines is 1. The molecule has 29 heavy (non-hydrogen) atoms. The SMILES string of the molecule is Cc1nc(-c2cccs2)ccc1C(=O)Nc1ccc(C(=O)c2nccn2C)cc1. The molecule has 6 nitrogen and oxygen atoms in total. The highest BCUT2D eigenvalue weighted by molar-refractivity contribution is 7.13. The highest BCUT2D eigenvalue weighted by Gasteiger charge is 2.15. The van der Waals surface area contributed by atoms with Crippen LogP contribution in [0.25, 0.3) is 10.6 Å². The van der Waals surface area contributed by atoms with Crippen LogP contribution in [0.2, 0.25) is 0 Å². The number of imidazole rings is 1. The zero-order valence-corrected chi connectivity index (χ0v) is 16.7. The summed E-state index contributed by atoms with van der Waals surface area (Å²) in [5, 5.41) is 4.85. The van der Waals surface area contributed by atoms with Gasteiger partial charge in [0.15, 0.2) is 5.82 Å². The number of hydrogen-bond donors (Lipinski definition) is 1. The van der Waals surface area contributed by atoms with Crippen molar-refractivity contribution in [3.05, 3.63) is 88.9 Å². The number of benzene rings is 1. The lowest BCUT2D eigenvalue weighted by Crippen LogP contribution is -2.14. The Bertz CT molecular complexity index is 1180. The number of aryl methyl sites for hydroxylation is 2. The summed E-state index contributed by atoms with van der Waals surface area (Å²) in [4.78, 5) is 34.8. The van der Waals surface area contributed by atoms with Crippen LogP contribution in [0, 0.1) is 6.92 Å². The number of carbonyl (C=O) groups is 2. The highest BCUT2D eigenvalue weighted by atomic mass is 32.1. The van der Waals surface area contributed by atoms with Crippen LogP contribution in [-0.2, 0) is 7.05 Å². The van der Waals surface area contributed by atoms with Gasteiger partial charge in [-0.15, -0.1) is 11.3 Å². The number of pyridine rings is 1. The van der Waals surface area contributed by atoms with Gasteiger partial charge >= 0.3 is 0 Å². The van der Waals surface area contributed by atoms with Crippen LogP contribution in [0.1, 0.15) is 32.2 Å². The minimum absolute atomic E-state index is 0.167. The Kier molecular flexibility index (Phi) is 5.05. The zero-order valence-electron chi connectivity index (χ0n) is 15.9. The van der Waals surface area contributed by atoms with Gasteiger partial charge in [0.2, 0.25) is 5.78 Å². The van der Waals surface area contributed by atoms with Crippen molar-refractivity contribution in [2.45, 2.75) is 6.92 Å². The summed E-state index contributed by atoms with van der Waals surface area (Å²) >= 11 is 1.61. The van der Waals surface area contributed by atoms with Gasteiger partial charge in [0.25, 0.3) is 5.91 Å². The molecule has 0 bridgehead atoms. The first-order chi connectivity index (χ1) is 14.0. The van der Waals surface area contributed by atoms with Crippen LogP contribution < -0.4 is 5.32 Å². The van der Waals surface area contributed by atoms with Gasteiger partial charge < -0.3 is 9.88 Å². The van der Waals surface area contributed by atoms with Crippen LogP contribution in [-0.4, -0.2) is 26.2 Å². The van der Waals surface area contributed by atoms with Crippen molar-refractivity contribution in [2.24, 2.45) is 7.05 Å². The van der Waals surface area contributed by atoms with E-state index in [0.717, 1.165) is 10.6 Å². The smallest absolute Gasteiger partial charge is 0.257 e. The van der Waals surface area contributed by atoms with Crippen LogP contribution in [0.4, 0.5) is 5.69 Å². The third kappa shape index (κ3) is 3.86. The van der Waals surface area contributed by atoms with Gasteiger partial charge in [0.05, 0.1) is 21.8 Å². The van der Waals surface area contributed by atoms with Crippen molar-refractivity contribution in [1.29, 1.82) is 0 Å². The molecule has 0 fully saturated rings. The molecular weight excluding hydrogens is 384 g/mol. The molecule has 1 aromatic carbocycles. The highest BCUT2D eigenvalue weighted by Crippen LogP contribution is 2.24. The number of rotatable bonds is 5. The first-order valence-corrected chi connectivity index (χ1v) is 9.86. The molecule has 4 rings (SSSR count). The van der Waals surface area contributed by atoms with Gasteiger partial charge in [-0.05, 0) is 54.8 Å². The fourth-order valence-electron chi connectivity index (χ4n) is 2.98. The maximum atomic E-state index is 12.7. The number of ketones is 1. The molecule has 4 aromatic rings. The number of nitrogens with zero attached hydrogens (tertiary/aromatic N) is 3. The normalized spacial score (nSPS) is 10.7. The Hall–Kier alpha value is -3.58. The second-order valence-electron chi connectivity index (χ2n) is 6.53. The number of thiophene rings is 1. The summed E-state index contributed by atoms with van der Waals surface area (Å²) < 4.78 is 1.67.